The SMILES string of the molecule is CC(C)=C(C)C(C)=C(C)C.[I][V][I]. The van der Waals surface area contributed by atoms with Crippen LogP contribution in [0, 0.1) is 0 Å². The van der Waals surface area contributed by atoms with Crippen molar-refractivity contribution in [3.8, 4) is 0 Å². The molecule has 3 heteroatoms. The molecule has 0 aromatic rings. The molecule has 77 valence electrons. The molecular formula is C10H18I2V. The molecule has 0 nitrogen and oxygen atoms in total. The maximum absolute atomic E-state index is 2.37. The summed E-state index contributed by atoms with van der Waals surface area (Å²) in [4.78, 5) is 0. The van der Waals surface area contributed by atoms with Crippen LogP contribution in [0.15, 0.2) is 22.3 Å². The number of hydrogen-bond donors (Lipinski definition) is 0. The molecule has 0 aliphatic heterocycles. The van der Waals surface area contributed by atoms with Gasteiger partial charge < -0.3 is 0 Å². The van der Waals surface area contributed by atoms with Gasteiger partial charge in [-0.2, -0.15) is 0 Å². The van der Waals surface area contributed by atoms with Gasteiger partial charge in [0.2, 0.25) is 0 Å². The van der Waals surface area contributed by atoms with Crippen LogP contribution in [0.3, 0.4) is 0 Å². The quantitative estimate of drug-likeness (QED) is 0.373. The van der Waals surface area contributed by atoms with E-state index in [2.05, 4.69) is 81.5 Å². The third-order valence-corrected chi connectivity index (χ3v) is 2.06. The Kier molecular flexibility index (Phi) is 13.1. The van der Waals surface area contributed by atoms with E-state index in [-0.39, 0.29) is 0 Å². The first-order valence-electron chi connectivity index (χ1n) is 4.09. The first-order chi connectivity index (χ1) is 5.88. The van der Waals surface area contributed by atoms with E-state index in [1.54, 1.807) is 0 Å². The molecule has 13 heavy (non-hydrogen) atoms. The molecule has 0 amide bonds. The molecule has 0 saturated heterocycles. The van der Waals surface area contributed by atoms with E-state index in [0.717, 1.165) is 0 Å². The molecule has 0 N–H and O–H groups in total. The standard InChI is InChI=1S/C10H18.2HI.V/c1-7(2)9(5)10(6)8(3)4;;;/h1-6H3;2*1H;/q;;;+2/p-2. The summed E-state index contributed by atoms with van der Waals surface area (Å²) >= 11 is 4.74. The summed E-state index contributed by atoms with van der Waals surface area (Å²) in [6, 6.07) is 0. The number of hydrogen-bond acceptors (Lipinski definition) is 0. The summed E-state index contributed by atoms with van der Waals surface area (Å²) in [5.41, 5.74) is 5.69. The van der Waals surface area contributed by atoms with Crippen molar-refractivity contribution in [2.75, 3.05) is 0 Å². The van der Waals surface area contributed by atoms with Crippen molar-refractivity contribution in [2.24, 2.45) is 0 Å². The van der Waals surface area contributed by atoms with Crippen LogP contribution in [0.1, 0.15) is 41.5 Å². The minimum absolute atomic E-state index is 0.628. The van der Waals surface area contributed by atoms with Crippen molar-refractivity contribution < 1.29 is 9.47 Å². The Hall–Kier alpha value is 1.52. The second kappa shape index (κ2) is 10.1. The predicted molar refractivity (Wildman–Crippen MR) is 76.1 cm³/mol. The summed E-state index contributed by atoms with van der Waals surface area (Å²) < 4.78 is 0. The van der Waals surface area contributed by atoms with E-state index in [0.29, 0.717) is 9.47 Å². The summed E-state index contributed by atoms with van der Waals surface area (Å²) in [6.45, 7) is 13.0. The van der Waals surface area contributed by atoms with Gasteiger partial charge in [-0.1, -0.05) is 11.1 Å². The fraction of sp³-hybridized carbons (Fsp3) is 0.600. The third-order valence-electron chi connectivity index (χ3n) is 2.06. The van der Waals surface area contributed by atoms with Gasteiger partial charge in [-0.3, -0.25) is 0 Å². The van der Waals surface area contributed by atoms with E-state index in [1.165, 1.54) is 22.3 Å². The average molecular weight is 443 g/mol. The van der Waals surface area contributed by atoms with Crippen LogP contribution >= 0.6 is 40.0 Å². The maximum atomic E-state index is 2.37. The van der Waals surface area contributed by atoms with Crippen molar-refractivity contribution in [2.45, 2.75) is 41.5 Å². The Morgan fingerprint density at radius 2 is 0.846 bits per heavy atom. The van der Waals surface area contributed by atoms with Gasteiger partial charge in [0.1, 0.15) is 0 Å². The molecule has 0 saturated carbocycles. The van der Waals surface area contributed by atoms with Gasteiger partial charge in [0.05, 0.1) is 0 Å². The van der Waals surface area contributed by atoms with Crippen LogP contribution in [-0.4, -0.2) is 0 Å². The summed E-state index contributed by atoms with van der Waals surface area (Å²) in [5.74, 6) is 0. The number of rotatable bonds is 1. The van der Waals surface area contributed by atoms with Crippen LogP contribution in [0.25, 0.3) is 0 Å². The first-order valence-corrected chi connectivity index (χ1v) is 13.1. The predicted octanol–water partition coefficient (Wildman–Crippen LogP) is 5.47. The molecule has 0 fully saturated rings. The molecular weight excluding hydrogens is 425 g/mol. The van der Waals surface area contributed by atoms with Crippen molar-refractivity contribution in [3.63, 3.8) is 0 Å². The van der Waals surface area contributed by atoms with Crippen LogP contribution in [0.4, 0.5) is 0 Å². The van der Waals surface area contributed by atoms with E-state index >= 15 is 0 Å². The third kappa shape index (κ3) is 9.82. The fourth-order valence-electron chi connectivity index (χ4n) is 0.750. The number of allylic oxidation sites excluding steroid dienone is 4. The Labute approximate surface area is 112 Å². The number of halogens is 2. The Morgan fingerprint density at radius 3 is 0.923 bits per heavy atom. The molecule has 0 spiro atoms. The topological polar surface area (TPSA) is 0 Å². The molecule has 0 bridgehead atoms. The van der Waals surface area contributed by atoms with E-state index in [4.69, 9.17) is 0 Å². The zero-order valence-electron chi connectivity index (χ0n) is 9.20. The summed E-state index contributed by atoms with van der Waals surface area (Å²) in [7, 11) is 0.628. The Balaban J connectivity index is 0. The average Bonchev–Trinajstić information content (AvgIpc) is 2.03. The molecule has 0 radical (unpaired) electrons. The Morgan fingerprint density at radius 1 is 0.692 bits per heavy atom. The van der Waals surface area contributed by atoms with Crippen LogP contribution < -0.4 is 0 Å². The second-order valence-electron chi connectivity index (χ2n) is 3.31. The van der Waals surface area contributed by atoms with E-state index in [1.807, 2.05) is 0 Å². The van der Waals surface area contributed by atoms with Gasteiger partial charge >= 0.3 is 49.4 Å². The normalized spacial score (nSPS) is 8.00. The Bertz CT molecular complexity index is 175. The van der Waals surface area contributed by atoms with Gasteiger partial charge in [0, 0.05) is 0 Å². The van der Waals surface area contributed by atoms with Crippen molar-refractivity contribution >= 4 is 40.0 Å². The zero-order valence-corrected chi connectivity index (χ0v) is 14.9. The molecule has 0 atom stereocenters. The zero-order chi connectivity index (χ0) is 11.0. The fourth-order valence-corrected chi connectivity index (χ4v) is 0.750. The van der Waals surface area contributed by atoms with Crippen molar-refractivity contribution in [1.29, 1.82) is 0 Å². The van der Waals surface area contributed by atoms with Crippen molar-refractivity contribution in [1.82, 2.24) is 0 Å². The molecule has 0 aromatic carbocycles. The summed E-state index contributed by atoms with van der Waals surface area (Å²) in [5, 5.41) is 0. The second-order valence-corrected chi connectivity index (χ2v) is 15.1. The van der Waals surface area contributed by atoms with Crippen molar-refractivity contribution in [3.05, 3.63) is 22.3 Å². The van der Waals surface area contributed by atoms with Crippen LogP contribution in [0.2, 0.25) is 0 Å². The molecule has 0 rings (SSSR count). The van der Waals surface area contributed by atoms with Gasteiger partial charge in [0.25, 0.3) is 0 Å². The van der Waals surface area contributed by atoms with Crippen LogP contribution in [-0.2, 0) is 9.47 Å². The molecule has 0 aliphatic carbocycles. The monoisotopic (exact) mass is 443 g/mol. The molecule has 0 aliphatic rings. The van der Waals surface area contributed by atoms with E-state index in [9.17, 15) is 0 Å². The molecule has 0 heterocycles. The molecule has 0 aromatic heterocycles. The van der Waals surface area contributed by atoms with E-state index < -0.39 is 0 Å². The van der Waals surface area contributed by atoms with Gasteiger partial charge in [0.15, 0.2) is 0 Å². The van der Waals surface area contributed by atoms with Gasteiger partial charge in [-0.05, 0) is 52.7 Å². The minimum atomic E-state index is 0.628. The summed E-state index contributed by atoms with van der Waals surface area (Å²) in [6.07, 6.45) is 0. The first kappa shape index (κ1) is 16.9. The molecule has 0 unspecified atom stereocenters. The van der Waals surface area contributed by atoms with Crippen LogP contribution in [0.5, 0.6) is 0 Å². The van der Waals surface area contributed by atoms with Gasteiger partial charge in [-0.15, -0.1) is 0 Å². The van der Waals surface area contributed by atoms with Gasteiger partial charge in [-0.25, -0.2) is 0 Å².